The van der Waals surface area contributed by atoms with E-state index < -0.39 is 0 Å². The van der Waals surface area contributed by atoms with Crippen LogP contribution in [0.25, 0.3) is 0 Å². The minimum atomic E-state index is -0.313. The van der Waals surface area contributed by atoms with Gasteiger partial charge >= 0.3 is 0 Å². The van der Waals surface area contributed by atoms with Gasteiger partial charge in [-0.3, -0.25) is 4.79 Å². The van der Waals surface area contributed by atoms with Crippen molar-refractivity contribution in [2.24, 2.45) is 12.8 Å². The Morgan fingerprint density at radius 2 is 2.33 bits per heavy atom. The molecule has 1 rings (SSSR count). The van der Waals surface area contributed by atoms with E-state index in [9.17, 15) is 4.79 Å². The first-order valence-electron chi connectivity index (χ1n) is 3.51. The van der Waals surface area contributed by atoms with E-state index in [1.165, 1.54) is 10.9 Å². The first-order valence-corrected chi connectivity index (χ1v) is 3.89. The van der Waals surface area contributed by atoms with Gasteiger partial charge in [0.2, 0.25) is 0 Å². The van der Waals surface area contributed by atoms with E-state index in [0.717, 1.165) is 0 Å². The summed E-state index contributed by atoms with van der Waals surface area (Å²) in [5.74, 6) is 0. The number of hydrogen-bond donors (Lipinski definition) is 1. The molecule has 0 bridgehead atoms. The van der Waals surface area contributed by atoms with Gasteiger partial charge in [0.25, 0.3) is 5.56 Å². The van der Waals surface area contributed by atoms with Crippen molar-refractivity contribution in [2.75, 3.05) is 0 Å². The van der Waals surface area contributed by atoms with E-state index in [2.05, 4.69) is 5.10 Å². The number of nitrogens with two attached hydrogens (primary N) is 1. The average Bonchev–Trinajstić information content (AvgIpc) is 2.00. The second kappa shape index (κ2) is 3.25. The molecule has 0 fully saturated rings. The Bertz CT molecular complexity index is 345. The summed E-state index contributed by atoms with van der Waals surface area (Å²) in [6.45, 7) is 1.75. The van der Waals surface area contributed by atoms with Crippen LogP contribution in [0.5, 0.6) is 0 Å². The van der Waals surface area contributed by atoms with Crippen molar-refractivity contribution < 1.29 is 0 Å². The zero-order chi connectivity index (χ0) is 9.30. The molecule has 0 radical (unpaired) electrons. The van der Waals surface area contributed by atoms with Crippen LogP contribution in [0.4, 0.5) is 0 Å². The van der Waals surface area contributed by atoms with Crippen molar-refractivity contribution in [3.63, 3.8) is 0 Å². The highest BCUT2D eigenvalue weighted by molar-refractivity contribution is 6.31. The lowest BCUT2D eigenvalue weighted by Gasteiger charge is -2.07. The van der Waals surface area contributed by atoms with Gasteiger partial charge in [-0.15, -0.1) is 0 Å². The fourth-order valence-corrected chi connectivity index (χ4v) is 1.18. The molecule has 2 N–H and O–H groups in total. The molecule has 5 heteroatoms. The Morgan fingerprint density at radius 1 is 1.75 bits per heavy atom. The Morgan fingerprint density at radius 3 is 2.83 bits per heavy atom. The fourth-order valence-electron chi connectivity index (χ4n) is 0.841. The first kappa shape index (κ1) is 9.22. The molecular weight excluding hydrogens is 178 g/mol. The average molecular weight is 188 g/mol. The highest BCUT2D eigenvalue weighted by Gasteiger charge is 2.09. The number of aryl methyl sites for hydroxylation is 1. The third kappa shape index (κ3) is 1.49. The van der Waals surface area contributed by atoms with Gasteiger partial charge in [0.05, 0.1) is 6.20 Å². The molecule has 4 nitrogen and oxygen atoms in total. The number of halogens is 1. The standard InChI is InChI=1S/C7H10ClN3O/c1-4(9)5-3-10-11(2)7(12)6(5)8/h3-4H,9H2,1-2H3. The Kier molecular flexibility index (Phi) is 2.49. The lowest BCUT2D eigenvalue weighted by molar-refractivity contribution is 0.685. The van der Waals surface area contributed by atoms with E-state index in [-0.39, 0.29) is 16.6 Å². The molecule has 0 amide bonds. The molecule has 0 aromatic carbocycles. The summed E-state index contributed by atoms with van der Waals surface area (Å²) >= 11 is 5.74. The van der Waals surface area contributed by atoms with Gasteiger partial charge in [-0.05, 0) is 6.92 Å². The smallest absolute Gasteiger partial charge is 0.285 e. The van der Waals surface area contributed by atoms with Crippen LogP contribution in [0.2, 0.25) is 5.02 Å². The van der Waals surface area contributed by atoms with Crippen molar-refractivity contribution >= 4 is 11.6 Å². The van der Waals surface area contributed by atoms with E-state index in [1.54, 1.807) is 14.0 Å². The molecule has 12 heavy (non-hydrogen) atoms. The SMILES string of the molecule is CC(N)c1cnn(C)c(=O)c1Cl. The predicted molar refractivity (Wildman–Crippen MR) is 47.1 cm³/mol. The molecule has 1 aromatic rings. The maximum atomic E-state index is 11.2. The summed E-state index contributed by atoms with van der Waals surface area (Å²) in [4.78, 5) is 11.2. The van der Waals surface area contributed by atoms with E-state index >= 15 is 0 Å². The third-order valence-corrected chi connectivity index (χ3v) is 1.98. The summed E-state index contributed by atoms with van der Waals surface area (Å²) in [7, 11) is 1.54. The Balaban J connectivity index is 3.37. The maximum Gasteiger partial charge on any atom is 0.285 e. The molecule has 66 valence electrons. The summed E-state index contributed by atoms with van der Waals surface area (Å²) in [5, 5.41) is 3.96. The summed E-state index contributed by atoms with van der Waals surface area (Å²) < 4.78 is 1.17. The maximum absolute atomic E-state index is 11.2. The molecule has 0 saturated heterocycles. The molecule has 1 atom stereocenters. The van der Waals surface area contributed by atoms with Gasteiger partial charge in [-0.25, -0.2) is 4.68 Å². The summed E-state index contributed by atoms with van der Waals surface area (Å²) in [6, 6.07) is -0.265. The van der Waals surface area contributed by atoms with Crippen molar-refractivity contribution in [3.05, 3.63) is 27.1 Å². The second-order valence-corrected chi connectivity index (χ2v) is 3.01. The van der Waals surface area contributed by atoms with Gasteiger partial charge < -0.3 is 5.73 Å². The largest absolute Gasteiger partial charge is 0.324 e. The van der Waals surface area contributed by atoms with Crippen LogP contribution < -0.4 is 11.3 Å². The number of aromatic nitrogens is 2. The zero-order valence-electron chi connectivity index (χ0n) is 6.91. The molecule has 1 aromatic heterocycles. The van der Waals surface area contributed by atoms with Crippen LogP contribution in [0.15, 0.2) is 11.0 Å². The van der Waals surface area contributed by atoms with Gasteiger partial charge in [0.15, 0.2) is 0 Å². The third-order valence-electron chi connectivity index (χ3n) is 1.60. The Labute approximate surface area is 74.9 Å². The molecule has 1 unspecified atom stereocenters. The van der Waals surface area contributed by atoms with E-state index in [1.807, 2.05) is 0 Å². The minimum Gasteiger partial charge on any atom is -0.324 e. The second-order valence-electron chi connectivity index (χ2n) is 2.63. The number of nitrogens with zero attached hydrogens (tertiary/aromatic N) is 2. The normalized spacial score (nSPS) is 13.0. The molecule has 0 aliphatic carbocycles. The lowest BCUT2D eigenvalue weighted by Crippen LogP contribution is -2.23. The minimum absolute atomic E-state index is 0.155. The van der Waals surface area contributed by atoms with Crippen LogP contribution in [0.3, 0.4) is 0 Å². The summed E-state index contributed by atoms with van der Waals surface area (Å²) in [5.41, 5.74) is 5.83. The topological polar surface area (TPSA) is 60.9 Å². The highest BCUT2D eigenvalue weighted by Crippen LogP contribution is 2.14. The predicted octanol–water partition coefficient (Wildman–Crippen LogP) is 0.453. The van der Waals surface area contributed by atoms with Crippen LogP contribution in [0.1, 0.15) is 18.5 Å². The lowest BCUT2D eigenvalue weighted by atomic mass is 10.2. The van der Waals surface area contributed by atoms with Crippen LogP contribution in [-0.2, 0) is 7.05 Å². The van der Waals surface area contributed by atoms with Gasteiger partial charge in [-0.1, -0.05) is 11.6 Å². The van der Waals surface area contributed by atoms with Crippen molar-refractivity contribution in [1.82, 2.24) is 9.78 Å². The van der Waals surface area contributed by atoms with Crippen LogP contribution >= 0.6 is 11.6 Å². The molecule has 0 aliphatic heterocycles. The summed E-state index contributed by atoms with van der Waals surface area (Å²) in [6.07, 6.45) is 1.51. The molecule has 0 aliphatic rings. The zero-order valence-corrected chi connectivity index (χ0v) is 7.67. The number of rotatable bonds is 1. The van der Waals surface area contributed by atoms with Gasteiger partial charge in [0.1, 0.15) is 5.02 Å². The van der Waals surface area contributed by atoms with Crippen molar-refractivity contribution in [3.8, 4) is 0 Å². The number of hydrogen-bond acceptors (Lipinski definition) is 3. The van der Waals surface area contributed by atoms with Crippen molar-refractivity contribution in [1.29, 1.82) is 0 Å². The highest BCUT2D eigenvalue weighted by atomic mass is 35.5. The van der Waals surface area contributed by atoms with E-state index in [4.69, 9.17) is 17.3 Å². The van der Waals surface area contributed by atoms with E-state index in [0.29, 0.717) is 5.56 Å². The Hall–Kier alpha value is -0.870. The fraction of sp³-hybridized carbons (Fsp3) is 0.429. The molecule has 1 heterocycles. The van der Waals surface area contributed by atoms with Gasteiger partial charge in [0, 0.05) is 18.7 Å². The van der Waals surface area contributed by atoms with Gasteiger partial charge in [-0.2, -0.15) is 5.10 Å². The van der Waals surface area contributed by atoms with Crippen LogP contribution in [-0.4, -0.2) is 9.78 Å². The molecule has 0 saturated carbocycles. The molecule has 0 spiro atoms. The first-order chi connectivity index (χ1) is 5.54. The van der Waals surface area contributed by atoms with Crippen LogP contribution in [0, 0.1) is 0 Å². The molecular formula is C7H10ClN3O. The monoisotopic (exact) mass is 187 g/mol. The van der Waals surface area contributed by atoms with Crippen molar-refractivity contribution in [2.45, 2.75) is 13.0 Å². The quantitative estimate of drug-likeness (QED) is 0.695.